The summed E-state index contributed by atoms with van der Waals surface area (Å²) in [7, 11) is 0. The molecule has 3 aromatic heterocycles. The lowest BCUT2D eigenvalue weighted by Crippen LogP contribution is -2.21. The van der Waals surface area contributed by atoms with E-state index in [1.165, 1.54) is 11.3 Å². The van der Waals surface area contributed by atoms with Gasteiger partial charge in [0, 0.05) is 23.0 Å². The highest BCUT2D eigenvalue weighted by atomic mass is 32.1. The molecule has 2 fully saturated rings. The van der Waals surface area contributed by atoms with Crippen LogP contribution in [-0.2, 0) is 22.4 Å². The standard InChI is InChI=1S/C24H26N6O3S/c31-21(15-5-6-15)28-22-20(23(32)33-12-14-3-4-14)18-10-17(7-8-19(18)34-22)30-13-26-29-24(30)27-16-2-1-9-25-11-16/h1-2,9,11,13-15,17H,3-8,10,12H2,(H,27,29)(H,28,31). The molecule has 176 valence electrons. The van der Waals surface area contributed by atoms with E-state index in [1.807, 2.05) is 16.7 Å². The number of ether oxygens (including phenoxy) is 1. The smallest absolute Gasteiger partial charge is 0.341 e. The van der Waals surface area contributed by atoms with Crippen LogP contribution in [0.4, 0.5) is 16.6 Å². The molecule has 1 atom stereocenters. The summed E-state index contributed by atoms with van der Waals surface area (Å²) in [5, 5.41) is 15.3. The second-order valence-electron chi connectivity index (χ2n) is 9.34. The lowest BCUT2D eigenvalue weighted by Gasteiger charge is -2.25. The Kier molecular flexibility index (Phi) is 5.52. The van der Waals surface area contributed by atoms with Crippen LogP contribution in [0.3, 0.4) is 0 Å². The molecule has 0 aliphatic heterocycles. The predicted octanol–water partition coefficient (Wildman–Crippen LogP) is 4.12. The normalized spacial score (nSPS) is 19.4. The Labute approximate surface area is 200 Å². The molecule has 0 bridgehead atoms. The van der Waals surface area contributed by atoms with Gasteiger partial charge in [-0.2, -0.15) is 0 Å². The van der Waals surface area contributed by atoms with Gasteiger partial charge in [0.25, 0.3) is 0 Å². The van der Waals surface area contributed by atoms with Crippen molar-refractivity contribution in [3.63, 3.8) is 0 Å². The van der Waals surface area contributed by atoms with Crippen molar-refractivity contribution in [2.75, 3.05) is 17.2 Å². The van der Waals surface area contributed by atoms with E-state index in [4.69, 9.17) is 4.74 Å². The lowest BCUT2D eigenvalue weighted by atomic mass is 9.91. The molecule has 1 amide bonds. The highest BCUT2D eigenvalue weighted by molar-refractivity contribution is 7.17. The summed E-state index contributed by atoms with van der Waals surface area (Å²) in [5.41, 5.74) is 2.35. The van der Waals surface area contributed by atoms with Crippen LogP contribution in [0.2, 0.25) is 0 Å². The van der Waals surface area contributed by atoms with Gasteiger partial charge in [-0.15, -0.1) is 21.5 Å². The summed E-state index contributed by atoms with van der Waals surface area (Å²) in [6.07, 6.45) is 11.6. The first-order valence-corrected chi connectivity index (χ1v) is 12.7. The molecular formula is C24H26N6O3S. The summed E-state index contributed by atoms with van der Waals surface area (Å²) in [4.78, 5) is 31.0. The Hall–Kier alpha value is -3.27. The number of hydrogen-bond acceptors (Lipinski definition) is 8. The van der Waals surface area contributed by atoms with Crippen LogP contribution in [0.15, 0.2) is 30.9 Å². The van der Waals surface area contributed by atoms with E-state index in [9.17, 15) is 9.59 Å². The molecule has 0 saturated heterocycles. The minimum Gasteiger partial charge on any atom is -0.462 e. The van der Waals surface area contributed by atoms with Crippen molar-refractivity contribution in [3.8, 4) is 0 Å². The first-order chi connectivity index (χ1) is 16.7. The maximum atomic E-state index is 13.2. The number of aromatic nitrogens is 4. The Bertz CT molecular complexity index is 1210. The molecular weight excluding hydrogens is 452 g/mol. The first kappa shape index (κ1) is 21.3. The third-order valence-electron chi connectivity index (χ3n) is 6.66. The van der Waals surface area contributed by atoms with Gasteiger partial charge in [-0.05, 0) is 68.6 Å². The second-order valence-corrected chi connectivity index (χ2v) is 10.4. The van der Waals surface area contributed by atoms with E-state index >= 15 is 0 Å². The Morgan fingerprint density at radius 1 is 1.21 bits per heavy atom. The molecule has 1 unspecified atom stereocenters. The number of carbonyl (C=O) groups is 2. The molecule has 6 rings (SSSR count). The number of carbonyl (C=O) groups excluding carboxylic acids is 2. The number of fused-ring (bicyclic) bond motifs is 1. The Morgan fingerprint density at radius 3 is 2.85 bits per heavy atom. The van der Waals surface area contributed by atoms with Gasteiger partial charge in [0.05, 0.1) is 24.1 Å². The number of aryl methyl sites for hydroxylation is 1. The molecule has 3 aliphatic carbocycles. The van der Waals surface area contributed by atoms with E-state index in [1.54, 1.807) is 18.7 Å². The van der Waals surface area contributed by atoms with Gasteiger partial charge >= 0.3 is 5.97 Å². The molecule has 10 heteroatoms. The Balaban J connectivity index is 1.27. The fourth-order valence-electron chi connectivity index (χ4n) is 4.38. The molecule has 0 radical (unpaired) electrons. The number of nitrogens with one attached hydrogen (secondary N) is 2. The number of amides is 1. The van der Waals surface area contributed by atoms with Crippen LogP contribution in [0.5, 0.6) is 0 Å². The summed E-state index contributed by atoms with van der Waals surface area (Å²) >= 11 is 1.52. The van der Waals surface area contributed by atoms with Crippen LogP contribution in [-0.4, -0.2) is 38.2 Å². The molecule has 3 aromatic rings. The molecule has 2 N–H and O–H groups in total. The summed E-state index contributed by atoms with van der Waals surface area (Å²) < 4.78 is 7.69. The molecule has 3 aliphatic rings. The number of hydrogen-bond donors (Lipinski definition) is 2. The van der Waals surface area contributed by atoms with Crippen molar-refractivity contribution in [1.29, 1.82) is 0 Å². The SMILES string of the molecule is O=C(OCC1CC1)c1c(NC(=O)C2CC2)sc2c1CC(n1cnnc1Nc1cccnc1)CC2. The zero-order valence-corrected chi connectivity index (χ0v) is 19.5. The van der Waals surface area contributed by atoms with Gasteiger partial charge in [0.1, 0.15) is 11.3 Å². The molecule has 2 saturated carbocycles. The van der Waals surface area contributed by atoms with Crippen LogP contribution >= 0.6 is 11.3 Å². The monoisotopic (exact) mass is 478 g/mol. The van der Waals surface area contributed by atoms with Gasteiger partial charge in [0.2, 0.25) is 11.9 Å². The van der Waals surface area contributed by atoms with E-state index in [0.29, 0.717) is 35.5 Å². The highest BCUT2D eigenvalue weighted by Gasteiger charge is 2.35. The van der Waals surface area contributed by atoms with Crippen LogP contribution < -0.4 is 10.6 Å². The fraction of sp³-hybridized carbons (Fsp3) is 0.458. The Morgan fingerprint density at radius 2 is 2.09 bits per heavy atom. The van der Waals surface area contributed by atoms with Gasteiger partial charge in [-0.3, -0.25) is 14.3 Å². The number of pyridine rings is 1. The summed E-state index contributed by atoms with van der Waals surface area (Å²) in [5.74, 6) is 0.868. The van der Waals surface area contributed by atoms with E-state index in [-0.39, 0.29) is 23.8 Å². The maximum Gasteiger partial charge on any atom is 0.341 e. The fourth-order valence-corrected chi connectivity index (χ4v) is 5.62. The summed E-state index contributed by atoms with van der Waals surface area (Å²) in [6.45, 7) is 0.452. The minimum atomic E-state index is -0.325. The third kappa shape index (κ3) is 4.42. The predicted molar refractivity (Wildman–Crippen MR) is 127 cm³/mol. The van der Waals surface area contributed by atoms with Crippen LogP contribution in [0, 0.1) is 11.8 Å². The molecule has 3 heterocycles. The maximum absolute atomic E-state index is 13.2. The van der Waals surface area contributed by atoms with Crippen molar-refractivity contribution in [3.05, 3.63) is 46.9 Å². The average Bonchev–Trinajstić information content (AvgIpc) is 3.77. The van der Waals surface area contributed by atoms with Crippen molar-refractivity contribution in [1.82, 2.24) is 19.7 Å². The first-order valence-electron chi connectivity index (χ1n) is 11.8. The molecule has 0 spiro atoms. The highest BCUT2D eigenvalue weighted by Crippen LogP contribution is 2.43. The molecule has 34 heavy (non-hydrogen) atoms. The van der Waals surface area contributed by atoms with Crippen molar-refractivity contribution in [2.45, 2.75) is 51.0 Å². The molecule has 9 nitrogen and oxygen atoms in total. The lowest BCUT2D eigenvalue weighted by molar-refractivity contribution is -0.117. The van der Waals surface area contributed by atoms with Crippen molar-refractivity contribution in [2.24, 2.45) is 11.8 Å². The zero-order valence-electron chi connectivity index (χ0n) is 18.7. The number of rotatable bonds is 8. The van der Waals surface area contributed by atoms with Crippen molar-refractivity contribution < 1.29 is 14.3 Å². The number of anilines is 3. The minimum absolute atomic E-state index is 0.00755. The third-order valence-corrected chi connectivity index (χ3v) is 7.86. The summed E-state index contributed by atoms with van der Waals surface area (Å²) in [6, 6.07) is 3.86. The van der Waals surface area contributed by atoms with Gasteiger partial charge in [0.15, 0.2) is 0 Å². The van der Waals surface area contributed by atoms with Gasteiger partial charge in [-0.25, -0.2) is 4.79 Å². The van der Waals surface area contributed by atoms with E-state index in [2.05, 4.69) is 25.8 Å². The van der Waals surface area contributed by atoms with Gasteiger partial charge < -0.3 is 15.4 Å². The number of nitrogens with zero attached hydrogens (tertiary/aromatic N) is 4. The van der Waals surface area contributed by atoms with Crippen LogP contribution in [0.25, 0.3) is 0 Å². The average molecular weight is 479 g/mol. The van der Waals surface area contributed by atoms with Crippen molar-refractivity contribution >= 4 is 39.9 Å². The zero-order chi connectivity index (χ0) is 23.1. The molecule has 0 aromatic carbocycles. The number of thiophene rings is 1. The quantitative estimate of drug-likeness (QED) is 0.469. The second kappa shape index (κ2) is 8.83. The largest absolute Gasteiger partial charge is 0.462 e. The van der Waals surface area contributed by atoms with E-state index in [0.717, 1.165) is 54.7 Å². The van der Waals surface area contributed by atoms with Crippen LogP contribution in [0.1, 0.15) is 58.9 Å². The topological polar surface area (TPSA) is 111 Å². The van der Waals surface area contributed by atoms with E-state index < -0.39 is 0 Å². The number of esters is 1. The van der Waals surface area contributed by atoms with Gasteiger partial charge in [-0.1, -0.05) is 0 Å².